The van der Waals surface area contributed by atoms with Crippen LogP contribution in [0.3, 0.4) is 0 Å². The normalized spacial score (nSPS) is 10.8. The van der Waals surface area contributed by atoms with Gasteiger partial charge in [0, 0.05) is 30.2 Å². The molecule has 0 aliphatic heterocycles. The summed E-state index contributed by atoms with van der Waals surface area (Å²) < 4.78 is 1.84. The topological polar surface area (TPSA) is 42.7 Å². The van der Waals surface area contributed by atoms with Crippen molar-refractivity contribution in [2.75, 3.05) is 5.32 Å². The first-order valence-electron chi connectivity index (χ1n) is 5.23. The first-order valence-corrected chi connectivity index (χ1v) is 6.05. The van der Waals surface area contributed by atoms with Gasteiger partial charge in [0.1, 0.15) is 0 Å². The number of hydrogen-bond donors (Lipinski definition) is 1. The highest BCUT2D eigenvalue weighted by Crippen LogP contribution is 2.21. The largest absolute Gasteiger partial charge is 0.357 e. The molecule has 0 atom stereocenters. The summed E-state index contributed by atoms with van der Waals surface area (Å²) in [5.74, 6) is 0. The Morgan fingerprint density at radius 1 is 1.31 bits per heavy atom. The Labute approximate surface area is 99.3 Å². The minimum absolute atomic E-state index is 0.784. The maximum absolute atomic E-state index is 4.44. The van der Waals surface area contributed by atoms with Gasteiger partial charge in [0.05, 0.1) is 11.4 Å². The molecule has 0 aliphatic carbocycles. The van der Waals surface area contributed by atoms with E-state index in [1.165, 1.54) is 10.4 Å². The van der Waals surface area contributed by atoms with Crippen LogP contribution in [0.4, 0.5) is 5.13 Å². The Hall–Kier alpha value is -1.36. The van der Waals surface area contributed by atoms with Gasteiger partial charge in [-0.15, -0.1) is 11.3 Å². The SMILES string of the molecule is Cc1nn(C)cc1CNc1nc(C)c(C)s1. The van der Waals surface area contributed by atoms with Crippen LogP contribution in [-0.4, -0.2) is 14.8 Å². The van der Waals surface area contributed by atoms with Gasteiger partial charge in [0.15, 0.2) is 5.13 Å². The van der Waals surface area contributed by atoms with Crippen molar-refractivity contribution in [2.24, 2.45) is 7.05 Å². The van der Waals surface area contributed by atoms with E-state index in [0.29, 0.717) is 0 Å². The van der Waals surface area contributed by atoms with Gasteiger partial charge >= 0.3 is 0 Å². The maximum Gasteiger partial charge on any atom is 0.183 e. The average Bonchev–Trinajstić information content (AvgIpc) is 2.68. The van der Waals surface area contributed by atoms with E-state index in [2.05, 4.69) is 22.3 Å². The van der Waals surface area contributed by atoms with Crippen molar-refractivity contribution in [3.05, 3.63) is 28.0 Å². The van der Waals surface area contributed by atoms with Crippen LogP contribution in [0.25, 0.3) is 0 Å². The zero-order valence-corrected chi connectivity index (χ0v) is 10.9. The molecule has 2 aromatic heterocycles. The molecular weight excluding hydrogens is 220 g/mol. The number of aromatic nitrogens is 3. The van der Waals surface area contributed by atoms with E-state index in [1.54, 1.807) is 11.3 Å². The molecule has 0 aromatic carbocycles. The highest BCUT2D eigenvalue weighted by atomic mass is 32.1. The second-order valence-electron chi connectivity index (χ2n) is 3.93. The Morgan fingerprint density at radius 3 is 2.56 bits per heavy atom. The monoisotopic (exact) mass is 236 g/mol. The second-order valence-corrected chi connectivity index (χ2v) is 5.13. The molecule has 0 saturated carbocycles. The number of thiazole rings is 1. The van der Waals surface area contributed by atoms with E-state index in [-0.39, 0.29) is 0 Å². The summed E-state index contributed by atoms with van der Waals surface area (Å²) in [7, 11) is 1.94. The van der Waals surface area contributed by atoms with Crippen molar-refractivity contribution in [3.8, 4) is 0 Å². The van der Waals surface area contributed by atoms with E-state index >= 15 is 0 Å². The Balaban J connectivity index is 2.04. The molecule has 0 aliphatic rings. The number of anilines is 1. The number of hydrogen-bond acceptors (Lipinski definition) is 4. The summed E-state index contributed by atoms with van der Waals surface area (Å²) in [6, 6.07) is 0. The average molecular weight is 236 g/mol. The first kappa shape index (κ1) is 11.1. The van der Waals surface area contributed by atoms with Crippen LogP contribution in [0.2, 0.25) is 0 Å². The fourth-order valence-electron chi connectivity index (χ4n) is 1.54. The van der Waals surface area contributed by atoms with Crippen LogP contribution in [0.5, 0.6) is 0 Å². The van der Waals surface area contributed by atoms with Gasteiger partial charge in [-0.05, 0) is 20.8 Å². The predicted molar refractivity (Wildman–Crippen MR) is 66.9 cm³/mol. The molecule has 2 heterocycles. The maximum atomic E-state index is 4.44. The Morgan fingerprint density at radius 2 is 2.06 bits per heavy atom. The number of rotatable bonds is 3. The zero-order chi connectivity index (χ0) is 11.7. The standard InChI is InChI=1S/C11H16N4S/c1-7-9(3)16-11(13-7)12-5-10-6-15(4)14-8(10)2/h6H,5H2,1-4H3,(H,12,13). The second kappa shape index (κ2) is 4.25. The van der Waals surface area contributed by atoms with Crippen molar-refractivity contribution >= 4 is 16.5 Å². The van der Waals surface area contributed by atoms with Crippen LogP contribution in [0.1, 0.15) is 21.8 Å². The van der Waals surface area contributed by atoms with Gasteiger partial charge in [-0.3, -0.25) is 4.68 Å². The molecule has 1 N–H and O–H groups in total. The molecule has 2 rings (SSSR count). The van der Waals surface area contributed by atoms with Crippen molar-refractivity contribution in [1.29, 1.82) is 0 Å². The lowest BCUT2D eigenvalue weighted by molar-refractivity contribution is 0.756. The molecule has 86 valence electrons. The summed E-state index contributed by atoms with van der Waals surface area (Å²) in [6.07, 6.45) is 2.04. The van der Waals surface area contributed by atoms with Crippen LogP contribution in [-0.2, 0) is 13.6 Å². The Bertz CT molecular complexity index is 479. The van der Waals surface area contributed by atoms with E-state index in [1.807, 2.05) is 31.8 Å². The van der Waals surface area contributed by atoms with Gasteiger partial charge in [0.25, 0.3) is 0 Å². The summed E-state index contributed by atoms with van der Waals surface area (Å²) in [5.41, 5.74) is 3.39. The van der Waals surface area contributed by atoms with E-state index in [9.17, 15) is 0 Å². The molecule has 0 fully saturated rings. The van der Waals surface area contributed by atoms with Gasteiger partial charge in [0.2, 0.25) is 0 Å². The van der Waals surface area contributed by atoms with Crippen LogP contribution in [0, 0.1) is 20.8 Å². The molecule has 2 aromatic rings. The molecule has 5 heteroatoms. The van der Waals surface area contributed by atoms with Gasteiger partial charge < -0.3 is 5.32 Å². The molecule has 0 spiro atoms. The third-order valence-electron chi connectivity index (χ3n) is 2.57. The minimum atomic E-state index is 0.784. The molecule has 4 nitrogen and oxygen atoms in total. The third kappa shape index (κ3) is 2.24. The van der Waals surface area contributed by atoms with Crippen molar-refractivity contribution in [1.82, 2.24) is 14.8 Å². The van der Waals surface area contributed by atoms with E-state index in [0.717, 1.165) is 23.1 Å². The molecule has 0 bridgehead atoms. The van der Waals surface area contributed by atoms with Crippen LogP contribution < -0.4 is 5.32 Å². The van der Waals surface area contributed by atoms with E-state index in [4.69, 9.17) is 0 Å². The number of nitrogens with one attached hydrogen (secondary N) is 1. The summed E-state index contributed by atoms with van der Waals surface area (Å²) >= 11 is 1.70. The van der Waals surface area contributed by atoms with Crippen LogP contribution in [0.15, 0.2) is 6.20 Å². The first-order chi connectivity index (χ1) is 7.56. The highest BCUT2D eigenvalue weighted by molar-refractivity contribution is 7.15. The predicted octanol–water partition coefficient (Wildman–Crippen LogP) is 2.41. The summed E-state index contributed by atoms with van der Waals surface area (Å²) in [6.45, 7) is 6.93. The van der Waals surface area contributed by atoms with Crippen molar-refractivity contribution < 1.29 is 0 Å². The summed E-state index contributed by atoms with van der Waals surface area (Å²) in [4.78, 5) is 5.71. The fraction of sp³-hybridized carbons (Fsp3) is 0.455. The van der Waals surface area contributed by atoms with Crippen LogP contribution >= 0.6 is 11.3 Å². The highest BCUT2D eigenvalue weighted by Gasteiger charge is 2.05. The fourth-order valence-corrected chi connectivity index (χ4v) is 2.35. The molecule has 0 saturated heterocycles. The lowest BCUT2D eigenvalue weighted by atomic mass is 10.3. The third-order valence-corrected chi connectivity index (χ3v) is 3.60. The zero-order valence-electron chi connectivity index (χ0n) is 10.0. The summed E-state index contributed by atoms with van der Waals surface area (Å²) in [5, 5.41) is 8.62. The van der Waals surface area contributed by atoms with Gasteiger partial charge in [-0.1, -0.05) is 0 Å². The lowest BCUT2D eigenvalue weighted by Gasteiger charge is -2.00. The smallest absolute Gasteiger partial charge is 0.183 e. The molecule has 0 unspecified atom stereocenters. The minimum Gasteiger partial charge on any atom is -0.357 e. The van der Waals surface area contributed by atoms with Crippen molar-refractivity contribution in [3.63, 3.8) is 0 Å². The quantitative estimate of drug-likeness (QED) is 0.890. The number of nitrogens with zero attached hydrogens (tertiary/aromatic N) is 3. The Kier molecular flexibility index (Phi) is 2.96. The van der Waals surface area contributed by atoms with Crippen molar-refractivity contribution in [2.45, 2.75) is 27.3 Å². The number of aryl methyl sites for hydroxylation is 4. The van der Waals surface area contributed by atoms with Gasteiger partial charge in [-0.2, -0.15) is 5.10 Å². The van der Waals surface area contributed by atoms with E-state index < -0.39 is 0 Å². The molecule has 0 radical (unpaired) electrons. The molecule has 0 amide bonds. The van der Waals surface area contributed by atoms with Gasteiger partial charge in [-0.25, -0.2) is 4.98 Å². The lowest BCUT2D eigenvalue weighted by Crippen LogP contribution is -1.99. The molecular formula is C11H16N4S. The molecule has 16 heavy (non-hydrogen) atoms.